The van der Waals surface area contributed by atoms with Gasteiger partial charge in [-0.1, -0.05) is 60.2 Å². The summed E-state index contributed by atoms with van der Waals surface area (Å²) in [5.74, 6) is 0.193. The smallest absolute Gasteiger partial charge is 0.163 e. The predicted molar refractivity (Wildman–Crippen MR) is 79.0 cm³/mol. The Morgan fingerprint density at radius 3 is 2.28 bits per heavy atom. The van der Waals surface area contributed by atoms with Gasteiger partial charge < -0.3 is 0 Å². The molecular formula is C16H17OP. The Labute approximate surface area is 110 Å². The van der Waals surface area contributed by atoms with E-state index in [4.69, 9.17) is 0 Å². The van der Waals surface area contributed by atoms with Crippen LogP contribution in [0.4, 0.5) is 0 Å². The van der Waals surface area contributed by atoms with Gasteiger partial charge in [0.1, 0.15) is 0 Å². The van der Waals surface area contributed by atoms with E-state index >= 15 is 0 Å². The standard InChI is InChI=1S/C16H17OP/c1-12-7-9-13(10-8-12)15(17)11-16(18)14-5-3-2-4-6-14/h2-10,16H,11,18H2,1H3. The minimum atomic E-state index is 0.181. The van der Waals surface area contributed by atoms with Gasteiger partial charge in [-0.25, -0.2) is 0 Å². The average Bonchev–Trinajstić information content (AvgIpc) is 2.40. The molecule has 0 fully saturated rings. The van der Waals surface area contributed by atoms with Crippen LogP contribution in [-0.2, 0) is 0 Å². The summed E-state index contributed by atoms with van der Waals surface area (Å²) in [6, 6.07) is 17.9. The fourth-order valence-electron chi connectivity index (χ4n) is 1.88. The SMILES string of the molecule is Cc1ccc(C(=O)CC(P)c2ccccc2)cc1. The summed E-state index contributed by atoms with van der Waals surface area (Å²) >= 11 is 0. The normalized spacial score (nSPS) is 12.1. The second-order valence-electron chi connectivity index (χ2n) is 4.51. The summed E-state index contributed by atoms with van der Waals surface area (Å²) in [6.45, 7) is 2.02. The molecule has 2 rings (SSSR count). The fourth-order valence-corrected chi connectivity index (χ4v) is 2.31. The lowest BCUT2D eigenvalue weighted by Gasteiger charge is -2.10. The van der Waals surface area contributed by atoms with Crippen molar-refractivity contribution in [2.75, 3.05) is 0 Å². The van der Waals surface area contributed by atoms with Crippen molar-refractivity contribution in [2.24, 2.45) is 0 Å². The molecule has 0 heterocycles. The van der Waals surface area contributed by atoms with Crippen molar-refractivity contribution in [2.45, 2.75) is 19.0 Å². The van der Waals surface area contributed by atoms with Gasteiger partial charge in [-0.15, -0.1) is 9.24 Å². The van der Waals surface area contributed by atoms with Crippen LogP contribution in [0.2, 0.25) is 0 Å². The maximum absolute atomic E-state index is 12.1. The Hall–Kier alpha value is -1.46. The Morgan fingerprint density at radius 2 is 1.67 bits per heavy atom. The summed E-state index contributed by atoms with van der Waals surface area (Å²) in [6.07, 6.45) is 0.526. The lowest BCUT2D eigenvalue weighted by atomic mass is 10.0. The fraction of sp³-hybridized carbons (Fsp3) is 0.188. The highest BCUT2D eigenvalue weighted by atomic mass is 31.0. The molecule has 0 saturated carbocycles. The summed E-state index contributed by atoms with van der Waals surface area (Å²) in [5.41, 5.74) is 3.34. The topological polar surface area (TPSA) is 17.1 Å². The first-order valence-electron chi connectivity index (χ1n) is 6.07. The van der Waals surface area contributed by atoms with Gasteiger partial charge in [0.15, 0.2) is 5.78 Å². The summed E-state index contributed by atoms with van der Waals surface area (Å²) in [4.78, 5) is 12.1. The van der Waals surface area contributed by atoms with Gasteiger partial charge in [0.05, 0.1) is 0 Å². The third-order valence-corrected chi connectivity index (χ3v) is 3.63. The Kier molecular flexibility index (Phi) is 4.28. The Bertz CT molecular complexity index is 517. The van der Waals surface area contributed by atoms with E-state index in [1.807, 2.05) is 49.4 Å². The van der Waals surface area contributed by atoms with E-state index in [2.05, 4.69) is 21.4 Å². The van der Waals surface area contributed by atoms with E-state index in [9.17, 15) is 4.79 Å². The molecule has 2 heteroatoms. The van der Waals surface area contributed by atoms with Crippen molar-refractivity contribution in [3.63, 3.8) is 0 Å². The molecule has 92 valence electrons. The lowest BCUT2D eigenvalue weighted by molar-refractivity contribution is 0.0982. The van der Waals surface area contributed by atoms with E-state index in [1.165, 1.54) is 11.1 Å². The van der Waals surface area contributed by atoms with E-state index in [-0.39, 0.29) is 11.4 Å². The second-order valence-corrected chi connectivity index (χ2v) is 5.32. The van der Waals surface area contributed by atoms with E-state index < -0.39 is 0 Å². The molecule has 0 amide bonds. The van der Waals surface area contributed by atoms with Gasteiger partial charge in [-0.05, 0) is 12.5 Å². The van der Waals surface area contributed by atoms with Gasteiger partial charge in [0, 0.05) is 17.6 Å². The molecule has 0 aliphatic carbocycles. The Balaban J connectivity index is 2.06. The van der Waals surface area contributed by atoms with Crippen LogP contribution in [0.3, 0.4) is 0 Å². The molecular weight excluding hydrogens is 239 g/mol. The maximum Gasteiger partial charge on any atom is 0.163 e. The number of benzene rings is 2. The number of hydrogen-bond acceptors (Lipinski definition) is 1. The highest BCUT2D eigenvalue weighted by molar-refractivity contribution is 7.17. The van der Waals surface area contributed by atoms with Crippen LogP contribution in [0.5, 0.6) is 0 Å². The lowest BCUT2D eigenvalue weighted by Crippen LogP contribution is -2.03. The molecule has 2 aromatic rings. The molecule has 18 heavy (non-hydrogen) atoms. The van der Waals surface area contributed by atoms with E-state index in [1.54, 1.807) is 0 Å². The monoisotopic (exact) mass is 256 g/mol. The number of aryl methyl sites for hydroxylation is 1. The van der Waals surface area contributed by atoms with Crippen LogP contribution in [0.15, 0.2) is 54.6 Å². The third kappa shape index (κ3) is 3.27. The zero-order valence-corrected chi connectivity index (χ0v) is 11.6. The van der Waals surface area contributed by atoms with Gasteiger partial charge in [0.25, 0.3) is 0 Å². The zero-order chi connectivity index (χ0) is 13.0. The largest absolute Gasteiger partial charge is 0.294 e. The number of carbonyl (C=O) groups excluding carboxylic acids is 1. The molecule has 0 saturated heterocycles. The molecule has 0 aromatic heterocycles. The van der Waals surface area contributed by atoms with Crippen LogP contribution >= 0.6 is 9.24 Å². The molecule has 2 unspecified atom stereocenters. The van der Waals surface area contributed by atoms with Gasteiger partial charge in [-0.3, -0.25) is 4.79 Å². The highest BCUT2D eigenvalue weighted by Gasteiger charge is 2.12. The third-order valence-electron chi connectivity index (χ3n) is 3.01. The van der Waals surface area contributed by atoms with Crippen molar-refractivity contribution >= 4 is 15.0 Å². The van der Waals surface area contributed by atoms with Crippen molar-refractivity contribution in [3.05, 3.63) is 71.3 Å². The van der Waals surface area contributed by atoms with E-state index in [0.717, 1.165) is 5.56 Å². The van der Waals surface area contributed by atoms with Crippen molar-refractivity contribution in [1.82, 2.24) is 0 Å². The number of Topliss-reactive ketones (excluding diaryl/α,β-unsaturated/α-hetero) is 1. The summed E-state index contributed by atoms with van der Waals surface area (Å²) in [7, 11) is 2.76. The van der Waals surface area contributed by atoms with Crippen molar-refractivity contribution in [3.8, 4) is 0 Å². The van der Waals surface area contributed by atoms with Gasteiger partial charge in [0.2, 0.25) is 0 Å². The van der Waals surface area contributed by atoms with Gasteiger partial charge >= 0.3 is 0 Å². The minimum Gasteiger partial charge on any atom is -0.294 e. The number of rotatable bonds is 4. The molecule has 2 aromatic carbocycles. The molecule has 0 aliphatic heterocycles. The molecule has 0 radical (unpaired) electrons. The van der Waals surface area contributed by atoms with Crippen molar-refractivity contribution in [1.29, 1.82) is 0 Å². The zero-order valence-electron chi connectivity index (χ0n) is 10.5. The van der Waals surface area contributed by atoms with Crippen LogP contribution in [0, 0.1) is 6.92 Å². The van der Waals surface area contributed by atoms with Crippen LogP contribution in [0.1, 0.15) is 33.6 Å². The predicted octanol–water partition coefficient (Wildman–Crippen LogP) is 4.18. The van der Waals surface area contributed by atoms with Crippen LogP contribution in [0.25, 0.3) is 0 Å². The first-order valence-corrected chi connectivity index (χ1v) is 6.74. The summed E-state index contributed by atoms with van der Waals surface area (Å²) in [5, 5.41) is 0. The highest BCUT2D eigenvalue weighted by Crippen LogP contribution is 2.27. The molecule has 2 atom stereocenters. The maximum atomic E-state index is 12.1. The number of hydrogen-bond donors (Lipinski definition) is 0. The quantitative estimate of drug-likeness (QED) is 0.592. The van der Waals surface area contributed by atoms with Crippen molar-refractivity contribution < 1.29 is 4.79 Å². The van der Waals surface area contributed by atoms with E-state index in [0.29, 0.717) is 6.42 Å². The average molecular weight is 256 g/mol. The molecule has 0 bridgehead atoms. The molecule has 0 spiro atoms. The second kappa shape index (κ2) is 5.93. The molecule has 1 nitrogen and oxygen atoms in total. The van der Waals surface area contributed by atoms with Gasteiger partial charge in [-0.2, -0.15) is 0 Å². The first kappa shape index (κ1) is 13.0. The Morgan fingerprint density at radius 1 is 1.06 bits per heavy atom. The van der Waals surface area contributed by atoms with Crippen LogP contribution < -0.4 is 0 Å². The minimum absolute atomic E-state index is 0.181. The van der Waals surface area contributed by atoms with Crippen LogP contribution in [-0.4, -0.2) is 5.78 Å². The molecule has 0 N–H and O–H groups in total. The first-order chi connectivity index (χ1) is 8.66. The number of ketones is 1. The molecule has 0 aliphatic rings. The number of carbonyl (C=O) groups is 1. The summed E-state index contributed by atoms with van der Waals surface area (Å²) < 4.78 is 0.